The predicted molar refractivity (Wildman–Crippen MR) is 113 cm³/mol. The standard InChI is InChI=1S/C23H33NS/c1-3-4-5-6-9-19-12-14-20(15-13-19)10-7-8-11-21-17-25-23(24-21)22-16-18(22)2/h8,11-15,18,21-22H,3-7,9-10,16-17H2,1-2H3/b11-8-/t18-,21+,22+/m0/s1. The second-order valence-electron chi connectivity index (χ2n) is 7.76. The molecule has 1 heterocycles. The Hall–Kier alpha value is -1.02. The first-order valence-electron chi connectivity index (χ1n) is 10.2. The van der Waals surface area contributed by atoms with E-state index < -0.39 is 0 Å². The highest BCUT2D eigenvalue weighted by atomic mass is 32.2. The van der Waals surface area contributed by atoms with E-state index in [1.807, 2.05) is 11.8 Å². The number of rotatable bonds is 10. The van der Waals surface area contributed by atoms with Crippen LogP contribution in [0.4, 0.5) is 0 Å². The number of allylic oxidation sites excluding steroid dienone is 1. The van der Waals surface area contributed by atoms with E-state index >= 15 is 0 Å². The highest BCUT2D eigenvalue weighted by molar-refractivity contribution is 8.14. The van der Waals surface area contributed by atoms with E-state index in [0.29, 0.717) is 6.04 Å². The maximum Gasteiger partial charge on any atom is 0.0783 e. The molecule has 1 nitrogen and oxygen atoms in total. The molecule has 1 fully saturated rings. The molecule has 25 heavy (non-hydrogen) atoms. The van der Waals surface area contributed by atoms with Crippen LogP contribution in [0.15, 0.2) is 41.4 Å². The van der Waals surface area contributed by atoms with Gasteiger partial charge in [-0.05, 0) is 49.1 Å². The molecule has 1 aromatic rings. The number of aliphatic imine (C=N–C) groups is 1. The van der Waals surface area contributed by atoms with E-state index in [0.717, 1.165) is 30.4 Å². The molecule has 3 atom stereocenters. The predicted octanol–water partition coefficient (Wildman–Crippen LogP) is 6.47. The van der Waals surface area contributed by atoms with Crippen LogP contribution in [-0.2, 0) is 12.8 Å². The molecule has 3 rings (SSSR count). The van der Waals surface area contributed by atoms with Gasteiger partial charge in [-0.15, -0.1) is 11.8 Å². The molecule has 0 radical (unpaired) electrons. The van der Waals surface area contributed by atoms with Crippen molar-refractivity contribution in [3.8, 4) is 0 Å². The SMILES string of the molecule is CCCCCCc1ccc(CC/C=C\[C@@H]2CSC([C@@H]3C[C@@H]3C)=N2)cc1. The average Bonchev–Trinajstić information content (AvgIpc) is 3.17. The van der Waals surface area contributed by atoms with Gasteiger partial charge in [-0.25, -0.2) is 0 Å². The van der Waals surface area contributed by atoms with Crippen LogP contribution in [0.5, 0.6) is 0 Å². The van der Waals surface area contributed by atoms with Gasteiger partial charge in [0.15, 0.2) is 0 Å². The van der Waals surface area contributed by atoms with Crippen LogP contribution in [0.1, 0.15) is 63.5 Å². The Bertz CT molecular complexity index is 587. The summed E-state index contributed by atoms with van der Waals surface area (Å²) in [5.74, 6) is 2.83. The van der Waals surface area contributed by atoms with Crippen molar-refractivity contribution in [2.24, 2.45) is 16.8 Å². The van der Waals surface area contributed by atoms with Gasteiger partial charge in [0.25, 0.3) is 0 Å². The second-order valence-corrected chi connectivity index (χ2v) is 8.80. The number of nitrogens with zero attached hydrogens (tertiary/aromatic N) is 1. The first kappa shape index (κ1) is 18.8. The Morgan fingerprint density at radius 3 is 2.48 bits per heavy atom. The van der Waals surface area contributed by atoms with E-state index in [9.17, 15) is 0 Å². The number of benzene rings is 1. The zero-order valence-corrected chi connectivity index (χ0v) is 16.7. The summed E-state index contributed by atoms with van der Waals surface area (Å²) in [5.41, 5.74) is 2.95. The van der Waals surface area contributed by atoms with Crippen molar-refractivity contribution in [1.82, 2.24) is 0 Å². The fourth-order valence-corrected chi connectivity index (χ4v) is 4.79. The van der Waals surface area contributed by atoms with Gasteiger partial charge in [-0.1, -0.05) is 69.5 Å². The van der Waals surface area contributed by atoms with Crippen molar-refractivity contribution >= 4 is 16.8 Å². The van der Waals surface area contributed by atoms with Gasteiger partial charge in [-0.2, -0.15) is 0 Å². The molecule has 0 unspecified atom stereocenters. The average molecular weight is 356 g/mol. The number of thioether (sulfide) groups is 1. The Labute approximate surface area is 158 Å². The molecule has 1 aromatic carbocycles. The zero-order valence-electron chi connectivity index (χ0n) is 15.9. The van der Waals surface area contributed by atoms with Gasteiger partial charge in [-0.3, -0.25) is 4.99 Å². The summed E-state index contributed by atoms with van der Waals surface area (Å²) in [7, 11) is 0. The fraction of sp³-hybridized carbons (Fsp3) is 0.609. The highest BCUT2D eigenvalue weighted by Gasteiger charge is 2.39. The molecule has 1 saturated carbocycles. The van der Waals surface area contributed by atoms with Crippen LogP contribution in [0, 0.1) is 11.8 Å². The molecule has 1 aliphatic heterocycles. The van der Waals surface area contributed by atoms with E-state index in [1.54, 1.807) is 0 Å². The molecule has 136 valence electrons. The Balaban J connectivity index is 1.35. The Morgan fingerprint density at radius 2 is 1.80 bits per heavy atom. The Kier molecular flexibility index (Phi) is 7.22. The molecular formula is C23H33NS. The van der Waals surface area contributed by atoms with Crippen molar-refractivity contribution in [1.29, 1.82) is 0 Å². The number of hydrogen-bond donors (Lipinski definition) is 0. The van der Waals surface area contributed by atoms with Crippen molar-refractivity contribution in [2.75, 3.05) is 5.75 Å². The second kappa shape index (κ2) is 9.62. The van der Waals surface area contributed by atoms with Gasteiger partial charge < -0.3 is 0 Å². The van der Waals surface area contributed by atoms with Gasteiger partial charge in [0.2, 0.25) is 0 Å². The molecule has 0 N–H and O–H groups in total. The third-order valence-electron chi connectivity index (χ3n) is 5.42. The van der Waals surface area contributed by atoms with Gasteiger partial charge in [0, 0.05) is 11.7 Å². The molecule has 2 heteroatoms. The molecule has 0 aromatic heterocycles. The summed E-state index contributed by atoms with van der Waals surface area (Å²) in [6, 6.07) is 9.72. The zero-order chi connectivity index (χ0) is 17.5. The van der Waals surface area contributed by atoms with Crippen molar-refractivity contribution in [3.05, 3.63) is 47.5 Å². The van der Waals surface area contributed by atoms with E-state index in [1.165, 1.54) is 54.7 Å². The highest BCUT2D eigenvalue weighted by Crippen LogP contribution is 2.44. The molecule has 0 saturated heterocycles. The van der Waals surface area contributed by atoms with E-state index in [-0.39, 0.29) is 0 Å². The fourth-order valence-electron chi connectivity index (χ4n) is 3.51. The molecule has 0 amide bonds. The van der Waals surface area contributed by atoms with Crippen LogP contribution in [-0.4, -0.2) is 16.8 Å². The Morgan fingerprint density at radius 1 is 1.08 bits per heavy atom. The summed E-state index contributed by atoms with van der Waals surface area (Å²) >= 11 is 1.99. The quantitative estimate of drug-likeness (QED) is 0.346. The summed E-state index contributed by atoms with van der Waals surface area (Å²) < 4.78 is 0. The number of unbranched alkanes of at least 4 members (excludes halogenated alkanes) is 3. The summed E-state index contributed by atoms with van der Waals surface area (Å²) in [4.78, 5) is 4.89. The van der Waals surface area contributed by atoms with E-state index in [4.69, 9.17) is 4.99 Å². The van der Waals surface area contributed by atoms with Crippen LogP contribution in [0.3, 0.4) is 0 Å². The number of hydrogen-bond acceptors (Lipinski definition) is 2. The maximum atomic E-state index is 4.89. The van der Waals surface area contributed by atoms with Crippen LogP contribution >= 0.6 is 11.8 Å². The normalized spacial score (nSPS) is 25.5. The summed E-state index contributed by atoms with van der Waals surface area (Å²) in [6.45, 7) is 4.61. The smallest absolute Gasteiger partial charge is 0.0783 e. The summed E-state index contributed by atoms with van der Waals surface area (Å²) in [6.07, 6.45) is 14.9. The lowest BCUT2D eigenvalue weighted by Crippen LogP contribution is -1.97. The lowest BCUT2D eigenvalue weighted by Gasteiger charge is -2.04. The van der Waals surface area contributed by atoms with Crippen molar-refractivity contribution in [2.45, 2.75) is 71.3 Å². The van der Waals surface area contributed by atoms with Crippen molar-refractivity contribution < 1.29 is 0 Å². The lowest BCUT2D eigenvalue weighted by atomic mass is 10.0. The molecular weight excluding hydrogens is 322 g/mol. The topological polar surface area (TPSA) is 12.4 Å². The minimum absolute atomic E-state index is 0.429. The molecule has 2 aliphatic rings. The molecule has 0 spiro atoms. The molecule has 0 bridgehead atoms. The minimum atomic E-state index is 0.429. The van der Waals surface area contributed by atoms with Crippen LogP contribution < -0.4 is 0 Å². The third-order valence-corrected chi connectivity index (χ3v) is 6.63. The van der Waals surface area contributed by atoms with Crippen LogP contribution in [0.25, 0.3) is 0 Å². The van der Waals surface area contributed by atoms with Gasteiger partial charge in [0.1, 0.15) is 0 Å². The van der Waals surface area contributed by atoms with Crippen molar-refractivity contribution in [3.63, 3.8) is 0 Å². The monoisotopic (exact) mass is 355 g/mol. The minimum Gasteiger partial charge on any atom is -0.274 e. The third kappa shape index (κ3) is 6.02. The maximum absolute atomic E-state index is 4.89. The first-order valence-corrected chi connectivity index (χ1v) is 11.2. The van der Waals surface area contributed by atoms with Crippen LogP contribution in [0.2, 0.25) is 0 Å². The summed E-state index contributed by atoms with van der Waals surface area (Å²) in [5, 5.41) is 1.43. The lowest BCUT2D eigenvalue weighted by molar-refractivity contribution is 0.667. The first-order chi connectivity index (χ1) is 12.3. The molecule has 1 aliphatic carbocycles. The van der Waals surface area contributed by atoms with Gasteiger partial charge in [0.05, 0.1) is 11.1 Å². The van der Waals surface area contributed by atoms with E-state index in [2.05, 4.69) is 50.3 Å². The largest absolute Gasteiger partial charge is 0.274 e. The number of aryl methyl sites for hydroxylation is 2. The van der Waals surface area contributed by atoms with Gasteiger partial charge >= 0.3 is 0 Å².